The summed E-state index contributed by atoms with van der Waals surface area (Å²) < 4.78 is 19.7. The monoisotopic (exact) mass is 402 g/mol. The van der Waals surface area contributed by atoms with Crippen LogP contribution < -0.4 is 16.2 Å². The molecule has 0 unspecified atom stereocenters. The fourth-order valence-corrected chi connectivity index (χ4v) is 2.85. The average Bonchev–Trinajstić information content (AvgIpc) is 3.08. The average molecular weight is 402 g/mol. The Bertz CT molecular complexity index is 1300. The minimum Gasteiger partial charge on any atom is -0.497 e. The van der Waals surface area contributed by atoms with E-state index in [1.165, 1.54) is 28.8 Å². The van der Waals surface area contributed by atoms with Gasteiger partial charge in [0.15, 0.2) is 17.2 Å². The SMILES string of the molecule is COc1ccc(N=Nc2c(N)nn3c(N)c(C#N)c(-c4ccc(F)cc4)nc23)cc1. The van der Waals surface area contributed by atoms with Gasteiger partial charge in [-0.15, -0.1) is 10.2 Å². The van der Waals surface area contributed by atoms with Crippen LogP contribution in [0.4, 0.5) is 27.4 Å². The van der Waals surface area contributed by atoms with Crippen LogP contribution in [-0.2, 0) is 0 Å². The topological polar surface area (TPSA) is 140 Å². The van der Waals surface area contributed by atoms with E-state index >= 15 is 0 Å². The Labute approximate surface area is 170 Å². The molecule has 0 aliphatic heterocycles. The van der Waals surface area contributed by atoms with E-state index in [2.05, 4.69) is 20.3 Å². The normalized spacial score (nSPS) is 11.1. The molecule has 0 radical (unpaired) electrons. The van der Waals surface area contributed by atoms with E-state index in [-0.39, 0.29) is 34.2 Å². The van der Waals surface area contributed by atoms with Crippen molar-refractivity contribution in [1.82, 2.24) is 14.6 Å². The molecule has 2 heterocycles. The number of ether oxygens (including phenoxy) is 1. The number of methoxy groups -OCH3 is 1. The van der Waals surface area contributed by atoms with E-state index in [0.29, 0.717) is 17.0 Å². The summed E-state index contributed by atoms with van der Waals surface area (Å²) in [5, 5.41) is 22.1. The Morgan fingerprint density at radius 1 is 1.07 bits per heavy atom. The van der Waals surface area contributed by atoms with Gasteiger partial charge in [-0.1, -0.05) is 0 Å². The van der Waals surface area contributed by atoms with Crippen LogP contribution >= 0.6 is 0 Å². The summed E-state index contributed by atoms with van der Waals surface area (Å²) in [6, 6.07) is 14.5. The number of benzene rings is 2. The molecule has 9 nitrogen and oxygen atoms in total. The second-order valence-corrected chi connectivity index (χ2v) is 6.21. The molecule has 4 rings (SSSR count). The summed E-state index contributed by atoms with van der Waals surface area (Å²) >= 11 is 0. The molecule has 0 saturated carbocycles. The Morgan fingerprint density at radius 3 is 2.40 bits per heavy atom. The van der Waals surface area contributed by atoms with Crippen molar-refractivity contribution < 1.29 is 9.13 Å². The van der Waals surface area contributed by atoms with Crippen molar-refractivity contribution in [3.05, 3.63) is 59.9 Å². The maximum atomic E-state index is 13.3. The molecule has 4 aromatic rings. The third-order valence-corrected chi connectivity index (χ3v) is 4.37. The molecule has 2 aromatic heterocycles. The van der Waals surface area contributed by atoms with Gasteiger partial charge in [0.1, 0.15) is 29.0 Å². The molecule has 0 spiro atoms. The highest BCUT2D eigenvalue weighted by Crippen LogP contribution is 2.34. The van der Waals surface area contributed by atoms with E-state index in [1.807, 2.05) is 6.07 Å². The van der Waals surface area contributed by atoms with Crippen LogP contribution in [0.15, 0.2) is 58.8 Å². The van der Waals surface area contributed by atoms with Crippen molar-refractivity contribution in [3.8, 4) is 23.1 Å². The van der Waals surface area contributed by atoms with Gasteiger partial charge in [-0.3, -0.25) is 0 Å². The lowest BCUT2D eigenvalue weighted by Gasteiger charge is -2.08. The number of halogens is 1. The van der Waals surface area contributed by atoms with Gasteiger partial charge in [0.2, 0.25) is 0 Å². The molecule has 0 bridgehead atoms. The van der Waals surface area contributed by atoms with E-state index in [4.69, 9.17) is 16.2 Å². The Morgan fingerprint density at radius 2 is 1.77 bits per heavy atom. The maximum absolute atomic E-state index is 13.3. The highest BCUT2D eigenvalue weighted by molar-refractivity contribution is 5.82. The van der Waals surface area contributed by atoms with Crippen LogP contribution in [0.3, 0.4) is 0 Å². The number of rotatable bonds is 4. The molecule has 2 aromatic carbocycles. The predicted octanol–water partition coefficient (Wildman–Crippen LogP) is 4.00. The van der Waals surface area contributed by atoms with Gasteiger partial charge < -0.3 is 16.2 Å². The van der Waals surface area contributed by atoms with Crippen LogP contribution in [0, 0.1) is 17.1 Å². The molecule has 0 saturated heterocycles. The molecule has 4 N–H and O–H groups in total. The summed E-state index contributed by atoms with van der Waals surface area (Å²) in [6.07, 6.45) is 0. The number of anilines is 2. The molecule has 0 aliphatic carbocycles. The van der Waals surface area contributed by atoms with Gasteiger partial charge in [0.05, 0.1) is 18.5 Å². The Balaban J connectivity index is 1.86. The molecule has 10 heteroatoms. The Kier molecular flexibility index (Phi) is 4.69. The minimum absolute atomic E-state index is 0.0411. The van der Waals surface area contributed by atoms with E-state index < -0.39 is 5.82 Å². The number of nitrogens with zero attached hydrogens (tertiary/aromatic N) is 6. The predicted molar refractivity (Wildman–Crippen MR) is 109 cm³/mol. The second kappa shape index (κ2) is 7.48. The molecular formula is C20H15FN8O. The van der Waals surface area contributed by atoms with Crippen molar-refractivity contribution >= 4 is 28.7 Å². The van der Waals surface area contributed by atoms with Gasteiger partial charge in [-0.25, -0.2) is 9.37 Å². The van der Waals surface area contributed by atoms with Crippen LogP contribution in [0.25, 0.3) is 16.9 Å². The van der Waals surface area contributed by atoms with E-state index in [1.54, 1.807) is 31.4 Å². The first-order valence-electron chi connectivity index (χ1n) is 8.71. The summed E-state index contributed by atoms with van der Waals surface area (Å²) in [5.74, 6) is 0.367. The van der Waals surface area contributed by atoms with Crippen molar-refractivity contribution in [2.75, 3.05) is 18.6 Å². The van der Waals surface area contributed by atoms with E-state index in [0.717, 1.165) is 0 Å². The number of hydrogen-bond acceptors (Lipinski definition) is 8. The molecule has 30 heavy (non-hydrogen) atoms. The van der Waals surface area contributed by atoms with Gasteiger partial charge in [-0.2, -0.15) is 14.9 Å². The highest BCUT2D eigenvalue weighted by atomic mass is 19.1. The van der Waals surface area contributed by atoms with Crippen molar-refractivity contribution in [2.45, 2.75) is 0 Å². The van der Waals surface area contributed by atoms with Crippen LogP contribution in [0.5, 0.6) is 5.75 Å². The number of hydrogen-bond donors (Lipinski definition) is 2. The smallest absolute Gasteiger partial charge is 0.188 e. The lowest BCUT2D eigenvalue weighted by Crippen LogP contribution is -2.06. The van der Waals surface area contributed by atoms with Crippen molar-refractivity contribution in [1.29, 1.82) is 5.26 Å². The first kappa shape index (κ1) is 18.8. The van der Waals surface area contributed by atoms with Crippen LogP contribution in [0.2, 0.25) is 0 Å². The largest absolute Gasteiger partial charge is 0.497 e. The quantitative estimate of drug-likeness (QED) is 0.495. The number of azo groups is 1. The molecular weight excluding hydrogens is 387 g/mol. The van der Waals surface area contributed by atoms with Gasteiger partial charge in [0.25, 0.3) is 0 Å². The van der Waals surface area contributed by atoms with Crippen LogP contribution in [0.1, 0.15) is 5.56 Å². The highest BCUT2D eigenvalue weighted by Gasteiger charge is 2.20. The zero-order valence-corrected chi connectivity index (χ0v) is 15.7. The molecule has 0 fully saturated rings. The fourth-order valence-electron chi connectivity index (χ4n) is 2.85. The number of nitrogen functional groups attached to an aromatic ring is 2. The molecule has 0 aliphatic rings. The zero-order valence-electron chi connectivity index (χ0n) is 15.7. The second-order valence-electron chi connectivity index (χ2n) is 6.21. The summed E-state index contributed by atoms with van der Waals surface area (Å²) in [7, 11) is 1.57. The van der Waals surface area contributed by atoms with Gasteiger partial charge in [-0.05, 0) is 48.5 Å². The van der Waals surface area contributed by atoms with Crippen molar-refractivity contribution in [3.63, 3.8) is 0 Å². The van der Waals surface area contributed by atoms with Crippen LogP contribution in [-0.4, -0.2) is 21.7 Å². The van der Waals surface area contributed by atoms with Gasteiger partial charge >= 0.3 is 0 Å². The first-order valence-corrected chi connectivity index (χ1v) is 8.71. The maximum Gasteiger partial charge on any atom is 0.188 e. The summed E-state index contributed by atoms with van der Waals surface area (Å²) in [6.45, 7) is 0. The number of nitriles is 1. The molecule has 0 amide bonds. The molecule has 148 valence electrons. The summed E-state index contributed by atoms with van der Waals surface area (Å²) in [4.78, 5) is 4.49. The minimum atomic E-state index is -0.408. The number of aromatic nitrogens is 3. The third kappa shape index (κ3) is 3.24. The Hall–Kier alpha value is -4.52. The third-order valence-electron chi connectivity index (χ3n) is 4.37. The first-order chi connectivity index (χ1) is 14.5. The van der Waals surface area contributed by atoms with Gasteiger partial charge in [0, 0.05) is 5.56 Å². The summed E-state index contributed by atoms with van der Waals surface area (Å²) in [5.41, 5.74) is 14.0. The molecule has 0 atom stereocenters. The standard InChI is InChI=1S/C20H15FN8O/c1-30-14-8-6-13(7-9-14)26-27-17-18(23)28-29-19(24)15(10-22)16(25-20(17)29)11-2-4-12(21)5-3-11/h2-9H,24H2,1H3,(H2,23,28). The number of fused-ring (bicyclic) bond motifs is 1. The fraction of sp³-hybridized carbons (Fsp3) is 0.0500. The zero-order chi connectivity index (χ0) is 21.3. The number of nitrogens with two attached hydrogens (primary N) is 2. The van der Waals surface area contributed by atoms with E-state index in [9.17, 15) is 9.65 Å². The lowest BCUT2D eigenvalue weighted by atomic mass is 10.1. The van der Waals surface area contributed by atoms with Crippen molar-refractivity contribution in [2.24, 2.45) is 10.2 Å². The lowest BCUT2D eigenvalue weighted by molar-refractivity contribution is 0.415.